The molecule has 0 bridgehead atoms. The van der Waals surface area contributed by atoms with E-state index in [-0.39, 0.29) is 12.6 Å². The van der Waals surface area contributed by atoms with Crippen molar-refractivity contribution in [1.29, 1.82) is 0 Å². The van der Waals surface area contributed by atoms with Crippen molar-refractivity contribution in [2.75, 3.05) is 6.79 Å². The van der Waals surface area contributed by atoms with Gasteiger partial charge in [0.05, 0.1) is 6.54 Å². The fourth-order valence-corrected chi connectivity index (χ4v) is 2.71. The Morgan fingerprint density at radius 3 is 2.65 bits per heavy atom. The minimum atomic E-state index is -0.301. The fraction of sp³-hybridized carbons (Fsp3) is 0.133. The molecule has 116 valence electrons. The molecule has 2 heterocycles. The van der Waals surface area contributed by atoms with Crippen LogP contribution >= 0.6 is 15.9 Å². The largest absolute Gasteiger partial charge is 0.454 e. The van der Waals surface area contributed by atoms with Crippen LogP contribution in [0.3, 0.4) is 0 Å². The Morgan fingerprint density at radius 2 is 1.87 bits per heavy atom. The predicted molar refractivity (Wildman–Crippen MR) is 82.6 cm³/mol. The molecule has 23 heavy (non-hydrogen) atoms. The predicted octanol–water partition coefficient (Wildman–Crippen LogP) is 3.02. The van der Waals surface area contributed by atoms with Gasteiger partial charge in [-0.3, -0.25) is 0 Å². The molecule has 3 aromatic rings. The van der Waals surface area contributed by atoms with Crippen LogP contribution in [0.2, 0.25) is 0 Å². The minimum Gasteiger partial charge on any atom is -0.454 e. The minimum absolute atomic E-state index is 0.224. The molecule has 2 aromatic carbocycles. The van der Waals surface area contributed by atoms with Crippen molar-refractivity contribution in [2.45, 2.75) is 6.54 Å². The zero-order valence-corrected chi connectivity index (χ0v) is 13.3. The maximum absolute atomic E-state index is 13.0. The average Bonchev–Trinajstić information content (AvgIpc) is 3.18. The Morgan fingerprint density at radius 1 is 1.13 bits per heavy atom. The van der Waals surface area contributed by atoms with E-state index in [1.807, 2.05) is 12.1 Å². The van der Waals surface area contributed by atoms with E-state index in [1.165, 1.54) is 16.9 Å². The molecule has 1 aromatic heterocycles. The standard InChI is InChI=1S/C15H10BrFN4O2/c16-12-6-14-13(22-8-23-14)5-10(12)7-21-19-15(18-20-21)9-1-3-11(17)4-2-9/h1-6H,7-8H2. The van der Waals surface area contributed by atoms with Gasteiger partial charge in [0.25, 0.3) is 0 Å². The molecule has 0 fully saturated rings. The molecule has 0 N–H and O–H groups in total. The lowest BCUT2D eigenvalue weighted by Crippen LogP contribution is -2.04. The Bertz CT molecular complexity index is 866. The first-order valence-corrected chi connectivity index (χ1v) is 7.60. The summed E-state index contributed by atoms with van der Waals surface area (Å²) in [5.74, 6) is 1.55. The SMILES string of the molecule is Fc1ccc(-c2nnn(Cc3cc4c(cc3Br)OCO4)n2)cc1. The van der Waals surface area contributed by atoms with Gasteiger partial charge in [-0.2, -0.15) is 4.80 Å². The van der Waals surface area contributed by atoms with E-state index < -0.39 is 0 Å². The van der Waals surface area contributed by atoms with Crippen molar-refractivity contribution in [3.8, 4) is 22.9 Å². The molecule has 0 radical (unpaired) electrons. The lowest BCUT2D eigenvalue weighted by molar-refractivity contribution is 0.174. The van der Waals surface area contributed by atoms with E-state index in [9.17, 15) is 4.39 Å². The Balaban J connectivity index is 1.59. The molecule has 0 amide bonds. The highest BCUT2D eigenvalue weighted by atomic mass is 79.9. The second kappa shape index (κ2) is 5.62. The molecule has 0 spiro atoms. The van der Waals surface area contributed by atoms with Crippen molar-refractivity contribution in [2.24, 2.45) is 0 Å². The quantitative estimate of drug-likeness (QED) is 0.702. The van der Waals surface area contributed by atoms with E-state index >= 15 is 0 Å². The molecule has 0 unspecified atom stereocenters. The van der Waals surface area contributed by atoms with Crippen LogP contribution in [0.15, 0.2) is 40.9 Å². The van der Waals surface area contributed by atoms with Gasteiger partial charge in [0.15, 0.2) is 11.5 Å². The van der Waals surface area contributed by atoms with Crippen molar-refractivity contribution in [1.82, 2.24) is 20.2 Å². The van der Waals surface area contributed by atoms with Gasteiger partial charge < -0.3 is 9.47 Å². The maximum Gasteiger partial charge on any atom is 0.231 e. The molecular weight excluding hydrogens is 367 g/mol. The summed E-state index contributed by atoms with van der Waals surface area (Å²) in [5.41, 5.74) is 1.65. The maximum atomic E-state index is 13.0. The lowest BCUT2D eigenvalue weighted by atomic mass is 10.2. The summed E-state index contributed by atoms with van der Waals surface area (Å²) < 4.78 is 24.5. The summed E-state index contributed by atoms with van der Waals surface area (Å²) >= 11 is 3.50. The van der Waals surface area contributed by atoms with Crippen LogP contribution in [0, 0.1) is 5.82 Å². The second-order valence-electron chi connectivity index (χ2n) is 4.95. The number of hydrogen-bond acceptors (Lipinski definition) is 5. The van der Waals surface area contributed by atoms with Gasteiger partial charge in [-0.1, -0.05) is 15.9 Å². The molecule has 4 rings (SSSR count). The van der Waals surface area contributed by atoms with Gasteiger partial charge in [-0.25, -0.2) is 4.39 Å². The Hall–Kier alpha value is -2.48. The fourth-order valence-electron chi connectivity index (χ4n) is 2.26. The summed E-state index contributed by atoms with van der Waals surface area (Å²) in [6.45, 7) is 0.646. The number of aromatic nitrogens is 4. The van der Waals surface area contributed by atoms with E-state index in [2.05, 4.69) is 31.3 Å². The summed E-state index contributed by atoms with van der Waals surface area (Å²) in [7, 11) is 0. The van der Waals surface area contributed by atoms with E-state index in [0.717, 1.165) is 10.0 Å². The van der Waals surface area contributed by atoms with Gasteiger partial charge in [0, 0.05) is 10.0 Å². The number of nitrogens with zero attached hydrogens (tertiary/aromatic N) is 4. The number of fused-ring (bicyclic) bond motifs is 1. The number of ether oxygens (including phenoxy) is 2. The smallest absolute Gasteiger partial charge is 0.231 e. The molecule has 6 nitrogen and oxygen atoms in total. The van der Waals surface area contributed by atoms with Gasteiger partial charge in [-0.05, 0) is 47.2 Å². The number of rotatable bonds is 3. The zero-order chi connectivity index (χ0) is 15.8. The third kappa shape index (κ3) is 2.77. The van der Waals surface area contributed by atoms with Crippen molar-refractivity contribution in [3.63, 3.8) is 0 Å². The van der Waals surface area contributed by atoms with Crippen molar-refractivity contribution in [3.05, 3.63) is 52.3 Å². The number of tetrazole rings is 1. The van der Waals surface area contributed by atoms with E-state index in [0.29, 0.717) is 29.4 Å². The van der Waals surface area contributed by atoms with Gasteiger partial charge >= 0.3 is 0 Å². The van der Waals surface area contributed by atoms with Crippen molar-refractivity contribution < 1.29 is 13.9 Å². The lowest BCUT2D eigenvalue weighted by Gasteiger charge is -2.05. The van der Waals surface area contributed by atoms with Gasteiger partial charge in [0.2, 0.25) is 12.6 Å². The molecular formula is C15H10BrFN4O2. The van der Waals surface area contributed by atoms with Crippen LogP contribution in [-0.2, 0) is 6.54 Å². The molecule has 1 aliphatic rings. The number of hydrogen-bond donors (Lipinski definition) is 0. The molecule has 0 saturated heterocycles. The summed E-state index contributed by atoms with van der Waals surface area (Å²) in [6.07, 6.45) is 0. The summed E-state index contributed by atoms with van der Waals surface area (Å²) in [4.78, 5) is 1.47. The first kappa shape index (κ1) is 14.1. The summed E-state index contributed by atoms with van der Waals surface area (Å²) in [5, 5.41) is 12.4. The highest BCUT2D eigenvalue weighted by Crippen LogP contribution is 2.37. The molecule has 1 aliphatic heterocycles. The first-order valence-electron chi connectivity index (χ1n) is 6.81. The van der Waals surface area contributed by atoms with Crippen LogP contribution < -0.4 is 9.47 Å². The normalized spacial score (nSPS) is 12.6. The average molecular weight is 377 g/mol. The van der Waals surface area contributed by atoms with Crippen LogP contribution in [0.5, 0.6) is 11.5 Å². The zero-order valence-electron chi connectivity index (χ0n) is 11.7. The highest BCUT2D eigenvalue weighted by molar-refractivity contribution is 9.10. The third-order valence-corrected chi connectivity index (χ3v) is 4.15. The number of halogens is 2. The molecule has 0 atom stereocenters. The Kier molecular flexibility index (Phi) is 3.45. The second-order valence-corrected chi connectivity index (χ2v) is 5.80. The van der Waals surface area contributed by atoms with Crippen molar-refractivity contribution >= 4 is 15.9 Å². The van der Waals surface area contributed by atoms with E-state index in [4.69, 9.17) is 9.47 Å². The summed E-state index contributed by atoms with van der Waals surface area (Å²) in [6, 6.07) is 9.71. The third-order valence-electron chi connectivity index (χ3n) is 3.41. The van der Waals surface area contributed by atoms with E-state index in [1.54, 1.807) is 12.1 Å². The van der Waals surface area contributed by atoms with Crippen LogP contribution in [0.25, 0.3) is 11.4 Å². The number of benzene rings is 2. The monoisotopic (exact) mass is 376 g/mol. The molecule has 8 heteroatoms. The van der Waals surface area contributed by atoms with Gasteiger partial charge in [-0.15, -0.1) is 10.2 Å². The highest BCUT2D eigenvalue weighted by Gasteiger charge is 2.17. The topological polar surface area (TPSA) is 62.1 Å². The van der Waals surface area contributed by atoms with Crippen LogP contribution in [0.4, 0.5) is 4.39 Å². The molecule has 0 saturated carbocycles. The van der Waals surface area contributed by atoms with Gasteiger partial charge in [0.1, 0.15) is 5.82 Å². The molecule has 0 aliphatic carbocycles. The first-order chi connectivity index (χ1) is 11.2. The Labute approximate surface area is 139 Å². The van der Waals surface area contributed by atoms with Crippen LogP contribution in [0.1, 0.15) is 5.56 Å². The van der Waals surface area contributed by atoms with Crippen LogP contribution in [-0.4, -0.2) is 27.0 Å².